The lowest BCUT2D eigenvalue weighted by atomic mass is 10.1. The minimum Gasteiger partial charge on any atom is -0.499 e. The highest BCUT2D eigenvalue weighted by molar-refractivity contribution is 4.64. The Bertz CT molecular complexity index is 173. The topological polar surface area (TPSA) is 46.2 Å². The monoisotopic (exact) mass is 262 g/mol. The van der Waals surface area contributed by atoms with E-state index in [1.54, 1.807) is 12.3 Å². The van der Waals surface area contributed by atoms with Crippen molar-refractivity contribution in [3.8, 4) is 0 Å². The van der Waals surface area contributed by atoms with Crippen molar-refractivity contribution in [1.82, 2.24) is 0 Å². The summed E-state index contributed by atoms with van der Waals surface area (Å²) in [4.78, 5) is 9.40. The van der Waals surface area contributed by atoms with Gasteiger partial charge in [0.2, 0.25) is 0 Å². The maximum absolute atomic E-state index is 4.99. The van der Waals surface area contributed by atoms with Crippen molar-refractivity contribution in [2.24, 2.45) is 0 Å². The molecular weight excluding hydrogens is 236 g/mol. The molecule has 0 saturated heterocycles. The van der Waals surface area contributed by atoms with E-state index in [1.165, 1.54) is 25.7 Å². The average molecular weight is 262 g/mol. The first kappa shape index (κ1) is 17.4. The Hall–Kier alpha value is -0.620. The third-order valence-electron chi connectivity index (χ3n) is 2.22. The molecule has 0 N–H and O–H groups in total. The number of hydrogen-bond donors (Lipinski definition) is 0. The van der Waals surface area contributed by atoms with Crippen molar-refractivity contribution < 1.29 is 24.6 Å². The molecule has 0 aromatic carbocycles. The number of unbranched alkanes of at least 4 members (excludes halogenated alkanes) is 5. The first-order valence-corrected chi connectivity index (χ1v) is 6.72. The molecule has 0 spiro atoms. The second-order valence-corrected chi connectivity index (χ2v) is 3.89. The van der Waals surface area contributed by atoms with E-state index in [0.717, 1.165) is 12.8 Å². The first-order chi connectivity index (χ1) is 8.91. The number of allylic oxidation sites excluding steroid dienone is 1. The normalized spacial score (nSPS) is 11.2. The van der Waals surface area contributed by atoms with Gasteiger partial charge in [0.1, 0.15) is 13.2 Å². The quantitative estimate of drug-likeness (QED) is 0.207. The van der Waals surface area contributed by atoms with E-state index < -0.39 is 0 Å². The Labute approximate surface area is 110 Å². The lowest BCUT2D eigenvalue weighted by Crippen LogP contribution is -2.04. The van der Waals surface area contributed by atoms with Crippen LogP contribution < -0.4 is 0 Å². The summed E-state index contributed by atoms with van der Waals surface area (Å²) in [6, 6.07) is 0. The third-order valence-corrected chi connectivity index (χ3v) is 2.22. The van der Waals surface area contributed by atoms with Gasteiger partial charge in [-0.25, -0.2) is 9.78 Å². The van der Waals surface area contributed by atoms with Crippen molar-refractivity contribution in [2.75, 3.05) is 19.8 Å². The highest BCUT2D eigenvalue weighted by Crippen LogP contribution is 2.04. The van der Waals surface area contributed by atoms with E-state index in [9.17, 15) is 0 Å². The van der Waals surface area contributed by atoms with Crippen molar-refractivity contribution >= 4 is 0 Å². The summed E-state index contributed by atoms with van der Waals surface area (Å²) in [7, 11) is 0. The Morgan fingerprint density at radius 1 is 0.778 bits per heavy atom. The van der Waals surface area contributed by atoms with Crippen molar-refractivity contribution in [3.05, 3.63) is 12.3 Å². The molecule has 0 aromatic rings. The van der Waals surface area contributed by atoms with Gasteiger partial charge in [-0.15, -0.1) is 0 Å². The van der Waals surface area contributed by atoms with Gasteiger partial charge in [-0.1, -0.05) is 45.1 Å². The fourth-order valence-corrected chi connectivity index (χ4v) is 1.30. The molecular formula is C13H26O5. The van der Waals surface area contributed by atoms with Crippen LogP contribution in [-0.4, -0.2) is 19.8 Å². The van der Waals surface area contributed by atoms with Gasteiger partial charge in [0, 0.05) is 0 Å². The first-order valence-electron chi connectivity index (χ1n) is 6.72. The van der Waals surface area contributed by atoms with Crippen LogP contribution >= 0.6 is 0 Å². The summed E-state index contributed by atoms with van der Waals surface area (Å²) < 4.78 is 4.99. The second kappa shape index (κ2) is 16.4. The summed E-state index contributed by atoms with van der Waals surface area (Å²) >= 11 is 0. The number of hydrogen-bond acceptors (Lipinski definition) is 5. The molecule has 5 heteroatoms. The summed E-state index contributed by atoms with van der Waals surface area (Å²) in [5, 5.41) is 8.70. The van der Waals surface area contributed by atoms with E-state index in [1.807, 2.05) is 6.92 Å². The third kappa shape index (κ3) is 15.4. The standard InChI is InChI=1S/C13H26O5/c1-3-5-6-7-8-9-11-15-17-18-16-13-12-14-10-4-2/h4,10H,3,5-9,11-13H2,1-2H3. The van der Waals surface area contributed by atoms with Gasteiger partial charge in [-0.3, -0.25) is 0 Å². The molecule has 0 bridgehead atoms. The zero-order valence-corrected chi connectivity index (χ0v) is 11.6. The highest BCUT2D eigenvalue weighted by Gasteiger charge is 1.93. The molecule has 0 amide bonds. The summed E-state index contributed by atoms with van der Waals surface area (Å²) in [6.07, 6.45) is 10.6. The Balaban J connectivity index is 2.90. The van der Waals surface area contributed by atoms with Crippen LogP contribution in [0.1, 0.15) is 52.4 Å². The zero-order chi connectivity index (χ0) is 13.3. The molecule has 5 nitrogen and oxygen atoms in total. The van der Waals surface area contributed by atoms with E-state index in [-0.39, 0.29) is 6.61 Å². The molecule has 108 valence electrons. The predicted molar refractivity (Wildman–Crippen MR) is 68.2 cm³/mol. The number of ether oxygens (including phenoxy) is 1. The maximum atomic E-state index is 4.99. The van der Waals surface area contributed by atoms with Gasteiger partial charge in [0.15, 0.2) is 0 Å². The summed E-state index contributed by atoms with van der Waals surface area (Å²) in [5.41, 5.74) is 0. The second-order valence-electron chi connectivity index (χ2n) is 3.89. The van der Waals surface area contributed by atoms with Crippen LogP contribution in [0.5, 0.6) is 0 Å². The molecule has 0 atom stereocenters. The lowest BCUT2D eigenvalue weighted by molar-refractivity contribution is -0.634. The minimum atomic E-state index is 0.282. The van der Waals surface area contributed by atoms with E-state index in [2.05, 4.69) is 21.9 Å². The fraction of sp³-hybridized carbons (Fsp3) is 0.846. The van der Waals surface area contributed by atoms with Crippen LogP contribution in [0.15, 0.2) is 12.3 Å². The summed E-state index contributed by atoms with van der Waals surface area (Å²) in [5.74, 6) is 0. The van der Waals surface area contributed by atoms with Gasteiger partial charge < -0.3 is 4.74 Å². The van der Waals surface area contributed by atoms with Crippen molar-refractivity contribution in [1.29, 1.82) is 0 Å². The summed E-state index contributed by atoms with van der Waals surface area (Å²) in [6.45, 7) is 5.29. The van der Waals surface area contributed by atoms with Crippen LogP contribution in [-0.2, 0) is 24.6 Å². The van der Waals surface area contributed by atoms with Gasteiger partial charge in [-0.05, 0) is 23.4 Å². The lowest BCUT2D eigenvalue weighted by Gasteiger charge is -2.03. The smallest absolute Gasteiger partial charge is 0.119 e. The van der Waals surface area contributed by atoms with Crippen molar-refractivity contribution in [3.63, 3.8) is 0 Å². The highest BCUT2D eigenvalue weighted by atomic mass is 17.7. The van der Waals surface area contributed by atoms with E-state index >= 15 is 0 Å². The van der Waals surface area contributed by atoms with Gasteiger partial charge in [-0.2, -0.15) is 0 Å². The van der Waals surface area contributed by atoms with Crippen LogP contribution in [0, 0.1) is 0 Å². The zero-order valence-electron chi connectivity index (χ0n) is 11.6. The SMILES string of the molecule is CC=COCCOOOOCCCCCCCC. The van der Waals surface area contributed by atoms with Crippen LogP contribution in [0.2, 0.25) is 0 Å². The molecule has 0 saturated carbocycles. The Morgan fingerprint density at radius 3 is 2.17 bits per heavy atom. The molecule has 0 heterocycles. The molecule has 0 aliphatic rings. The average Bonchev–Trinajstić information content (AvgIpc) is 2.39. The van der Waals surface area contributed by atoms with Crippen molar-refractivity contribution in [2.45, 2.75) is 52.4 Å². The van der Waals surface area contributed by atoms with Gasteiger partial charge in [0.25, 0.3) is 0 Å². The van der Waals surface area contributed by atoms with Gasteiger partial charge >= 0.3 is 0 Å². The Kier molecular flexibility index (Phi) is 15.8. The molecule has 0 radical (unpaired) electrons. The predicted octanol–water partition coefficient (Wildman–Crippen LogP) is 3.71. The minimum absolute atomic E-state index is 0.282. The molecule has 0 aromatic heterocycles. The molecule has 0 fully saturated rings. The largest absolute Gasteiger partial charge is 0.499 e. The fourth-order valence-electron chi connectivity index (χ4n) is 1.30. The molecule has 18 heavy (non-hydrogen) atoms. The molecule has 0 rings (SSSR count). The van der Waals surface area contributed by atoms with Crippen LogP contribution in [0.4, 0.5) is 0 Å². The molecule has 0 unspecified atom stereocenters. The molecule has 0 aliphatic heterocycles. The number of rotatable bonds is 14. The molecule has 0 aliphatic carbocycles. The van der Waals surface area contributed by atoms with Crippen LogP contribution in [0.25, 0.3) is 0 Å². The van der Waals surface area contributed by atoms with Crippen LogP contribution in [0.3, 0.4) is 0 Å². The van der Waals surface area contributed by atoms with E-state index in [4.69, 9.17) is 9.62 Å². The van der Waals surface area contributed by atoms with E-state index in [0.29, 0.717) is 13.2 Å². The maximum Gasteiger partial charge on any atom is 0.119 e. The Morgan fingerprint density at radius 2 is 1.44 bits per heavy atom. The van der Waals surface area contributed by atoms with Gasteiger partial charge in [0.05, 0.1) is 12.9 Å².